The maximum absolute atomic E-state index is 5.68. The molecule has 1 saturated heterocycles. The van der Waals surface area contributed by atoms with E-state index >= 15 is 0 Å². The molecule has 0 bridgehead atoms. The van der Waals surface area contributed by atoms with Crippen LogP contribution in [-0.4, -0.2) is 38.4 Å². The van der Waals surface area contributed by atoms with Crippen LogP contribution in [0.1, 0.15) is 33.1 Å². The average molecular weight is 292 g/mol. The molecule has 1 heterocycles. The summed E-state index contributed by atoms with van der Waals surface area (Å²) < 4.78 is 11.0. The van der Waals surface area contributed by atoms with Gasteiger partial charge in [0, 0.05) is 37.0 Å². The second-order valence-corrected chi connectivity index (χ2v) is 5.65. The van der Waals surface area contributed by atoms with Crippen molar-refractivity contribution >= 4 is 5.69 Å². The van der Waals surface area contributed by atoms with Crippen LogP contribution in [0.2, 0.25) is 0 Å². The summed E-state index contributed by atoms with van der Waals surface area (Å²) >= 11 is 0. The summed E-state index contributed by atoms with van der Waals surface area (Å²) in [5.74, 6) is 0.893. The minimum atomic E-state index is 0.566. The molecule has 1 aromatic carbocycles. The molecule has 0 aromatic heterocycles. The molecule has 2 N–H and O–H groups in total. The molecule has 0 amide bonds. The van der Waals surface area contributed by atoms with Crippen molar-refractivity contribution in [1.29, 1.82) is 0 Å². The van der Waals surface area contributed by atoms with E-state index in [1.807, 2.05) is 19.1 Å². The van der Waals surface area contributed by atoms with Crippen LogP contribution in [0.25, 0.3) is 0 Å². The lowest BCUT2D eigenvalue weighted by molar-refractivity contribution is 0.110. The standard InChI is InChI=1S/C17H28N2O2/c1-3-20-10-11-21-17-9-5-7-15(12-17)18-13-16-8-4-6-14(2)19-16/h5,7,9,12,14,16,18-19H,3-4,6,8,10-11,13H2,1-2H3. The Morgan fingerprint density at radius 1 is 1.29 bits per heavy atom. The minimum absolute atomic E-state index is 0.566. The van der Waals surface area contributed by atoms with Crippen molar-refractivity contribution in [2.24, 2.45) is 0 Å². The van der Waals surface area contributed by atoms with Crippen LogP contribution in [0.5, 0.6) is 5.75 Å². The Labute approximate surface area is 128 Å². The SMILES string of the molecule is CCOCCOc1cccc(NCC2CCCC(C)N2)c1. The third-order valence-electron chi connectivity index (χ3n) is 3.80. The number of nitrogens with one attached hydrogen (secondary N) is 2. The summed E-state index contributed by atoms with van der Waals surface area (Å²) in [6.07, 6.45) is 3.86. The van der Waals surface area contributed by atoms with Crippen molar-refractivity contribution in [2.75, 3.05) is 31.7 Å². The zero-order valence-electron chi connectivity index (χ0n) is 13.2. The van der Waals surface area contributed by atoms with E-state index in [4.69, 9.17) is 9.47 Å². The van der Waals surface area contributed by atoms with Gasteiger partial charge in [0.05, 0.1) is 6.61 Å². The van der Waals surface area contributed by atoms with Gasteiger partial charge in [-0.05, 0) is 38.8 Å². The van der Waals surface area contributed by atoms with Crippen molar-refractivity contribution in [1.82, 2.24) is 5.32 Å². The molecule has 2 rings (SSSR count). The van der Waals surface area contributed by atoms with Gasteiger partial charge in [-0.25, -0.2) is 0 Å². The minimum Gasteiger partial charge on any atom is -0.491 e. The third kappa shape index (κ3) is 5.94. The first-order chi connectivity index (χ1) is 10.3. The molecule has 2 atom stereocenters. The molecule has 0 spiro atoms. The largest absolute Gasteiger partial charge is 0.491 e. The first kappa shape index (κ1) is 16.1. The summed E-state index contributed by atoms with van der Waals surface area (Å²) in [6.45, 7) is 7.19. The highest BCUT2D eigenvalue weighted by Gasteiger charge is 2.17. The van der Waals surface area contributed by atoms with Gasteiger partial charge in [-0.1, -0.05) is 12.5 Å². The van der Waals surface area contributed by atoms with E-state index in [2.05, 4.69) is 29.7 Å². The number of anilines is 1. The number of hydrogen-bond acceptors (Lipinski definition) is 4. The summed E-state index contributed by atoms with van der Waals surface area (Å²) in [5.41, 5.74) is 1.11. The van der Waals surface area contributed by atoms with Crippen molar-refractivity contribution in [3.63, 3.8) is 0 Å². The molecule has 118 valence electrons. The molecule has 0 radical (unpaired) electrons. The fraction of sp³-hybridized carbons (Fsp3) is 0.647. The van der Waals surface area contributed by atoms with E-state index < -0.39 is 0 Å². The molecular weight excluding hydrogens is 264 g/mol. The third-order valence-corrected chi connectivity index (χ3v) is 3.80. The Hall–Kier alpha value is -1.26. The summed E-state index contributed by atoms with van der Waals surface area (Å²) in [4.78, 5) is 0. The normalized spacial score (nSPS) is 22.0. The number of hydrogen-bond donors (Lipinski definition) is 2. The number of benzene rings is 1. The highest BCUT2D eigenvalue weighted by Crippen LogP contribution is 2.18. The lowest BCUT2D eigenvalue weighted by atomic mass is 9.99. The fourth-order valence-corrected chi connectivity index (χ4v) is 2.70. The van der Waals surface area contributed by atoms with Crippen molar-refractivity contribution in [3.8, 4) is 5.75 Å². The average Bonchev–Trinajstić information content (AvgIpc) is 2.50. The lowest BCUT2D eigenvalue weighted by Gasteiger charge is -2.29. The van der Waals surface area contributed by atoms with E-state index in [0.29, 0.717) is 25.3 Å². The van der Waals surface area contributed by atoms with Gasteiger partial charge in [0.25, 0.3) is 0 Å². The molecular formula is C17H28N2O2. The molecule has 4 heteroatoms. The highest BCUT2D eigenvalue weighted by atomic mass is 16.5. The van der Waals surface area contributed by atoms with Gasteiger partial charge < -0.3 is 20.1 Å². The molecule has 21 heavy (non-hydrogen) atoms. The molecule has 1 aliphatic rings. The van der Waals surface area contributed by atoms with Gasteiger partial charge in [0.15, 0.2) is 0 Å². The van der Waals surface area contributed by atoms with Crippen LogP contribution in [-0.2, 0) is 4.74 Å². The van der Waals surface area contributed by atoms with E-state index in [1.54, 1.807) is 0 Å². The molecule has 2 unspecified atom stereocenters. The van der Waals surface area contributed by atoms with Crippen molar-refractivity contribution in [3.05, 3.63) is 24.3 Å². The van der Waals surface area contributed by atoms with Gasteiger partial charge in [0.2, 0.25) is 0 Å². The van der Waals surface area contributed by atoms with Crippen LogP contribution in [0.3, 0.4) is 0 Å². The molecule has 1 aromatic rings. The Balaban J connectivity index is 1.75. The topological polar surface area (TPSA) is 42.5 Å². The number of piperidine rings is 1. The maximum atomic E-state index is 5.68. The fourth-order valence-electron chi connectivity index (χ4n) is 2.70. The Kier molecular flexibility index (Phi) is 6.83. The highest BCUT2D eigenvalue weighted by molar-refractivity contribution is 5.48. The zero-order valence-corrected chi connectivity index (χ0v) is 13.2. The molecule has 4 nitrogen and oxygen atoms in total. The molecule has 1 aliphatic heterocycles. The second-order valence-electron chi connectivity index (χ2n) is 5.65. The van der Waals surface area contributed by atoms with Gasteiger partial charge >= 0.3 is 0 Å². The van der Waals surface area contributed by atoms with Crippen LogP contribution in [0.4, 0.5) is 5.69 Å². The number of ether oxygens (including phenoxy) is 2. The van der Waals surface area contributed by atoms with Gasteiger partial charge in [-0.15, -0.1) is 0 Å². The van der Waals surface area contributed by atoms with Crippen molar-refractivity contribution < 1.29 is 9.47 Å². The van der Waals surface area contributed by atoms with Crippen LogP contribution in [0.15, 0.2) is 24.3 Å². The zero-order chi connectivity index (χ0) is 14.9. The van der Waals surface area contributed by atoms with Crippen LogP contribution >= 0.6 is 0 Å². The van der Waals surface area contributed by atoms with Crippen LogP contribution < -0.4 is 15.4 Å². The predicted molar refractivity (Wildman–Crippen MR) is 87.2 cm³/mol. The molecule has 1 fully saturated rings. The van der Waals surface area contributed by atoms with E-state index in [0.717, 1.165) is 24.6 Å². The Morgan fingerprint density at radius 3 is 3.00 bits per heavy atom. The van der Waals surface area contributed by atoms with Gasteiger partial charge in [-0.2, -0.15) is 0 Å². The predicted octanol–water partition coefficient (Wildman–Crippen LogP) is 3.04. The molecule has 0 aliphatic carbocycles. The molecule has 0 saturated carbocycles. The van der Waals surface area contributed by atoms with Crippen molar-refractivity contribution in [2.45, 2.75) is 45.2 Å². The second kappa shape index (κ2) is 8.90. The summed E-state index contributed by atoms with van der Waals surface area (Å²) in [7, 11) is 0. The van der Waals surface area contributed by atoms with E-state index in [1.165, 1.54) is 19.3 Å². The van der Waals surface area contributed by atoms with E-state index in [-0.39, 0.29) is 0 Å². The van der Waals surface area contributed by atoms with Gasteiger partial charge in [-0.3, -0.25) is 0 Å². The summed E-state index contributed by atoms with van der Waals surface area (Å²) in [6, 6.07) is 9.35. The Bertz CT molecular complexity index is 412. The Morgan fingerprint density at radius 2 is 2.19 bits per heavy atom. The van der Waals surface area contributed by atoms with Crippen LogP contribution in [0, 0.1) is 0 Å². The first-order valence-electron chi connectivity index (χ1n) is 8.08. The smallest absolute Gasteiger partial charge is 0.121 e. The maximum Gasteiger partial charge on any atom is 0.121 e. The van der Waals surface area contributed by atoms with E-state index in [9.17, 15) is 0 Å². The first-order valence-corrected chi connectivity index (χ1v) is 8.08. The monoisotopic (exact) mass is 292 g/mol. The lowest BCUT2D eigenvalue weighted by Crippen LogP contribution is -2.44. The number of rotatable bonds is 8. The van der Waals surface area contributed by atoms with Gasteiger partial charge in [0.1, 0.15) is 12.4 Å². The quantitative estimate of drug-likeness (QED) is 0.723. The summed E-state index contributed by atoms with van der Waals surface area (Å²) in [5, 5.41) is 7.14.